The third kappa shape index (κ3) is 2.13. The quantitative estimate of drug-likeness (QED) is 0.811. The molecule has 1 heterocycles. The molecule has 7 heteroatoms. The molecule has 0 aromatic heterocycles. The molecule has 1 aromatic rings. The van der Waals surface area contributed by atoms with Gasteiger partial charge in [0, 0.05) is 0 Å². The number of nitrogens with zero attached hydrogens (tertiary/aromatic N) is 1. The number of likely N-dealkylation sites (tertiary alicyclic amines) is 1. The summed E-state index contributed by atoms with van der Waals surface area (Å²) in [4.78, 5) is 11.5. The molecule has 1 amide bonds. The number of amides is 1. The molecule has 0 spiro atoms. The van der Waals surface area contributed by atoms with Gasteiger partial charge < -0.3 is 14.7 Å². The van der Waals surface area contributed by atoms with E-state index in [9.17, 15) is 18.0 Å². The fourth-order valence-electron chi connectivity index (χ4n) is 1.45. The Balaban J connectivity index is 2.02. The second-order valence-corrected chi connectivity index (χ2v) is 3.60. The van der Waals surface area contributed by atoms with Crippen LogP contribution in [-0.2, 0) is 0 Å². The van der Waals surface area contributed by atoms with E-state index in [2.05, 4.69) is 0 Å². The van der Waals surface area contributed by atoms with Gasteiger partial charge in [-0.3, -0.25) is 0 Å². The largest absolute Gasteiger partial charge is 0.484 e. The molecule has 0 unspecified atom stereocenters. The van der Waals surface area contributed by atoms with Crippen molar-refractivity contribution in [3.63, 3.8) is 0 Å². The lowest BCUT2D eigenvalue weighted by molar-refractivity contribution is 0.0227. The summed E-state index contributed by atoms with van der Waals surface area (Å²) in [6.45, 7) is 0.154. The Labute approximate surface area is 94.2 Å². The van der Waals surface area contributed by atoms with Crippen molar-refractivity contribution < 1.29 is 27.8 Å². The molecule has 0 aliphatic carbocycles. The summed E-state index contributed by atoms with van der Waals surface area (Å²) in [7, 11) is 0. The van der Waals surface area contributed by atoms with E-state index < -0.39 is 35.4 Å². The van der Waals surface area contributed by atoms with Crippen molar-refractivity contribution in [1.82, 2.24) is 4.90 Å². The minimum absolute atomic E-state index is 0.0772. The molecule has 0 radical (unpaired) electrons. The number of halogens is 3. The van der Waals surface area contributed by atoms with E-state index in [1.165, 1.54) is 0 Å². The van der Waals surface area contributed by atoms with Crippen LogP contribution in [0.4, 0.5) is 18.0 Å². The lowest BCUT2D eigenvalue weighted by atomic mass is 10.2. The zero-order valence-corrected chi connectivity index (χ0v) is 8.49. The first-order valence-electron chi connectivity index (χ1n) is 4.77. The van der Waals surface area contributed by atoms with Gasteiger partial charge in [-0.2, -0.15) is 4.39 Å². The monoisotopic (exact) mass is 247 g/mol. The molecule has 0 atom stereocenters. The van der Waals surface area contributed by atoms with Crippen molar-refractivity contribution in [3.05, 3.63) is 29.6 Å². The normalized spacial score (nSPS) is 15.6. The predicted molar refractivity (Wildman–Crippen MR) is 50.3 cm³/mol. The highest BCUT2D eigenvalue weighted by atomic mass is 19.2. The Morgan fingerprint density at radius 2 is 1.94 bits per heavy atom. The third-order valence-electron chi connectivity index (χ3n) is 2.41. The Morgan fingerprint density at radius 3 is 2.53 bits per heavy atom. The molecule has 1 saturated heterocycles. The molecule has 4 nitrogen and oxygen atoms in total. The van der Waals surface area contributed by atoms with Crippen LogP contribution in [0.5, 0.6) is 5.75 Å². The van der Waals surface area contributed by atoms with Crippen LogP contribution in [0.3, 0.4) is 0 Å². The zero-order chi connectivity index (χ0) is 12.6. The fourth-order valence-corrected chi connectivity index (χ4v) is 1.45. The molecule has 92 valence electrons. The summed E-state index contributed by atoms with van der Waals surface area (Å²) in [5.41, 5.74) is 0. The van der Waals surface area contributed by atoms with Crippen LogP contribution < -0.4 is 4.74 Å². The Bertz CT molecular complexity index is 460. The van der Waals surface area contributed by atoms with Gasteiger partial charge in [-0.1, -0.05) is 0 Å². The van der Waals surface area contributed by atoms with Gasteiger partial charge in [0.25, 0.3) is 0 Å². The van der Waals surface area contributed by atoms with Gasteiger partial charge in [0.05, 0.1) is 13.1 Å². The summed E-state index contributed by atoms with van der Waals surface area (Å²) >= 11 is 0. The van der Waals surface area contributed by atoms with Crippen molar-refractivity contribution >= 4 is 6.09 Å². The molecule has 2 rings (SSSR count). The number of carbonyl (C=O) groups is 1. The molecule has 1 aliphatic rings. The maximum Gasteiger partial charge on any atom is 0.407 e. The summed E-state index contributed by atoms with van der Waals surface area (Å²) in [6, 6.07) is 1.72. The van der Waals surface area contributed by atoms with Crippen molar-refractivity contribution in [2.24, 2.45) is 0 Å². The van der Waals surface area contributed by atoms with Gasteiger partial charge in [-0.05, 0) is 12.1 Å². The standard InChI is InChI=1S/C10H8F3NO3/c11-6-1-2-7(9(13)8(6)12)17-5-3-14(4-5)10(15)16/h1-2,5H,3-4H2,(H,15,16). The molecule has 0 saturated carbocycles. The number of carboxylic acid groups (broad SMARTS) is 1. The van der Waals surface area contributed by atoms with Crippen molar-refractivity contribution in [2.75, 3.05) is 13.1 Å². The van der Waals surface area contributed by atoms with Crippen molar-refractivity contribution in [1.29, 1.82) is 0 Å². The smallest absolute Gasteiger partial charge is 0.407 e. The van der Waals surface area contributed by atoms with Crippen LogP contribution in [0.15, 0.2) is 12.1 Å². The van der Waals surface area contributed by atoms with E-state index in [-0.39, 0.29) is 13.1 Å². The molecule has 0 bridgehead atoms. The van der Waals surface area contributed by atoms with E-state index in [0.29, 0.717) is 0 Å². The van der Waals surface area contributed by atoms with Gasteiger partial charge in [-0.15, -0.1) is 0 Å². The lowest BCUT2D eigenvalue weighted by Gasteiger charge is -2.36. The number of rotatable bonds is 2. The minimum atomic E-state index is -1.60. The van der Waals surface area contributed by atoms with Crippen LogP contribution in [0.2, 0.25) is 0 Å². The maximum atomic E-state index is 13.2. The van der Waals surface area contributed by atoms with Gasteiger partial charge in [-0.25, -0.2) is 13.6 Å². The molecule has 1 aliphatic heterocycles. The first kappa shape index (κ1) is 11.6. The van der Waals surface area contributed by atoms with Crippen molar-refractivity contribution in [3.8, 4) is 5.75 Å². The second kappa shape index (κ2) is 4.15. The Morgan fingerprint density at radius 1 is 1.29 bits per heavy atom. The van der Waals surface area contributed by atoms with Crippen LogP contribution in [0.1, 0.15) is 0 Å². The molecule has 1 aromatic carbocycles. The number of benzene rings is 1. The fraction of sp³-hybridized carbons (Fsp3) is 0.300. The molecule has 17 heavy (non-hydrogen) atoms. The zero-order valence-electron chi connectivity index (χ0n) is 8.49. The van der Waals surface area contributed by atoms with Crippen LogP contribution in [-0.4, -0.2) is 35.3 Å². The van der Waals surface area contributed by atoms with Gasteiger partial charge >= 0.3 is 6.09 Å². The Kier molecular flexibility index (Phi) is 2.83. The summed E-state index contributed by atoms with van der Waals surface area (Å²) in [5.74, 6) is -4.72. The van der Waals surface area contributed by atoms with E-state index in [0.717, 1.165) is 17.0 Å². The highest BCUT2D eigenvalue weighted by molar-refractivity contribution is 5.66. The van der Waals surface area contributed by atoms with Crippen LogP contribution in [0.25, 0.3) is 0 Å². The summed E-state index contributed by atoms with van der Waals surface area (Å²) in [5, 5.41) is 8.54. The summed E-state index contributed by atoms with van der Waals surface area (Å²) in [6.07, 6.45) is -1.64. The SMILES string of the molecule is O=C(O)N1CC(Oc2ccc(F)c(F)c2F)C1. The third-order valence-corrected chi connectivity index (χ3v) is 2.41. The topological polar surface area (TPSA) is 49.8 Å². The van der Waals surface area contributed by atoms with E-state index in [1.54, 1.807) is 0 Å². The molecular weight excluding hydrogens is 239 g/mol. The van der Waals surface area contributed by atoms with Crippen LogP contribution in [0, 0.1) is 17.5 Å². The lowest BCUT2D eigenvalue weighted by Crippen LogP contribution is -2.55. The maximum absolute atomic E-state index is 13.2. The van der Waals surface area contributed by atoms with E-state index in [1.807, 2.05) is 0 Å². The average molecular weight is 247 g/mol. The second-order valence-electron chi connectivity index (χ2n) is 3.60. The first-order chi connectivity index (χ1) is 7.99. The number of hydrogen-bond acceptors (Lipinski definition) is 2. The highest BCUT2D eigenvalue weighted by Gasteiger charge is 2.33. The van der Waals surface area contributed by atoms with Gasteiger partial charge in [0.15, 0.2) is 17.4 Å². The average Bonchev–Trinajstić information content (AvgIpc) is 2.21. The number of hydrogen-bond donors (Lipinski definition) is 1. The van der Waals surface area contributed by atoms with Crippen molar-refractivity contribution in [2.45, 2.75) is 6.10 Å². The molecular formula is C10H8F3NO3. The van der Waals surface area contributed by atoms with E-state index >= 15 is 0 Å². The summed E-state index contributed by atoms with van der Waals surface area (Å²) < 4.78 is 43.6. The first-order valence-corrected chi connectivity index (χ1v) is 4.77. The molecule has 1 fully saturated rings. The number of ether oxygens (including phenoxy) is 1. The van der Waals surface area contributed by atoms with E-state index in [4.69, 9.17) is 9.84 Å². The minimum Gasteiger partial charge on any atom is -0.484 e. The van der Waals surface area contributed by atoms with Gasteiger partial charge in [0.1, 0.15) is 6.10 Å². The van der Waals surface area contributed by atoms with Gasteiger partial charge in [0.2, 0.25) is 5.82 Å². The predicted octanol–water partition coefficient (Wildman–Crippen LogP) is 1.84. The van der Waals surface area contributed by atoms with Crippen LogP contribution >= 0.6 is 0 Å². The Hall–Kier alpha value is -1.92. The highest BCUT2D eigenvalue weighted by Crippen LogP contribution is 2.24. The molecule has 1 N–H and O–H groups in total.